The van der Waals surface area contributed by atoms with E-state index in [-0.39, 0.29) is 17.4 Å². The van der Waals surface area contributed by atoms with Crippen LogP contribution < -0.4 is 10.6 Å². The summed E-state index contributed by atoms with van der Waals surface area (Å²) in [5.41, 5.74) is 1.63. The Morgan fingerprint density at radius 2 is 1.84 bits per heavy atom. The zero-order chi connectivity index (χ0) is 14.3. The number of carbonyl (C=O) groups is 1. The number of sulfone groups is 1. The van der Waals surface area contributed by atoms with Gasteiger partial charge in [0.2, 0.25) is 0 Å². The Balaban J connectivity index is 2.40. The van der Waals surface area contributed by atoms with Crippen LogP contribution in [0.5, 0.6) is 0 Å². The maximum absolute atomic E-state index is 11.3. The molecule has 0 unspecified atom stereocenters. The van der Waals surface area contributed by atoms with Gasteiger partial charge in [0.05, 0.1) is 5.75 Å². The lowest BCUT2D eigenvalue weighted by Crippen LogP contribution is -2.23. The molecule has 0 spiro atoms. The summed E-state index contributed by atoms with van der Waals surface area (Å²) < 4.78 is 22.6. The van der Waals surface area contributed by atoms with Crippen LogP contribution in [0.15, 0.2) is 24.3 Å². The number of nitrogens with one attached hydrogen (secondary N) is 2. The first-order valence-corrected chi connectivity index (χ1v) is 8.03. The maximum atomic E-state index is 11.3. The second kappa shape index (κ2) is 7.25. The van der Waals surface area contributed by atoms with Crippen molar-refractivity contribution in [3.8, 4) is 0 Å². The quantitative estimate of drug-likeness (QED) is 0.718. The van der Waals surface area contributed by atoms with Crippen LogP contribution >= 0.6 is 0 Å². The summed E-state index contributed by atoms with van der Waals surface area (Å²) in [7, 11) is -1.32. The van der Waals surface area contributed by atoms with Gasteiger partial charge in [-0.1, -0.05) is 19.1 Å². The fourth-order valence-corrected chi connectivity index (χ4v) is 2.27. The highest BCUT2D eigenvalue weighted by atomic mass is 32.2. The van der Waals surface area contributed by atoms with Gasteiger partial charge < -0.3 is 10.6 Å². The van der Waals surface area contributed by atoms with Crippen molar-refractivity contribution >= 4 is 15.7 Å². The molecule has 2 N–H and O–H groups in total. The minimum atomic E-state index is -2.91. The van der Waals surface area contributed by atoms with Crippen LogP contribution in [0.2, 0.25) is 0 Å². The predicted molar refractivity (Wildman–Crippen MR) is 75.9 cm³/mol. The molecule has 19 heavy (non-hydrogen) atoms. The normalized spacial score (nSPS) is 11.3. The molecular formula is C13H20N2O3S. The van der Waals surface area contributed by atoms with Gasteiger partial charge in [-0.05, 0) is 17.7 Å². The maximum Gasteiger partial charge on any atom is 0.251 e. The molecule has 0 bridgehead atoms. The molecule has 0 aliphatic carbocycles. The summed E-state index contributed by atoms with van der Waals surface area (Å²) in [4.78, 5) is 11.3. The van der Waals surface area contributed by atoms with Crippen molar-refractivity contribution < 1.29 is 13.2 Å². The monoisotopic (exact) mass is 284 g/mol. The van der Waals surface area contributed by atoms with Gasteiger partial charge in [0.15, 0.2) is 9.84 Å². The van der Waals surface area contributed by atoms with Crippen LogP contribution in [0, 0.1) is 0 Å². The standard InChI is InChI=1S/C13H20N2O3S/c1-3-19(17,18)9-8-15-10-11-4-6-12(7-5-11)13(16)14-2/h4-7,15H,3,8-10H2,1-2H3,(H,14,16). The molecule has 0 aromatic heterocycles. The summed E-state index contributed by atoms with van der Waals surface area (Å²) in [6, 6.07) is 7.20. The van der Waals surface area contributed by atoms with Crippen molar-refractivity contribution in [3.05, 3.63) is 35.4 Å². The second-order valence-corrected chi connectivity index (χ2v) is 6.66. The van der Waals surface area contributed by atoms with Crippen molar-refractivity contribution in [3.63, 3.8) is 0 Å². The lowest BCUT2D eigenvalue weighted by Gasteiger charge is -2.06. The minimum Gasteiger partial charge on any atom is -0.355 e. The van der Waals surface area contributed by atoms with E-state index in [0.717, 1.165) is 5.56 Å². The molecule has 0 radical (unpaired) electrons. The first-order chi connectivity index (χ1) is 8.98. The van der Waals surface area contributed by atoms with Crippen LogP contribution in [-0.2, 0) is 16.4 Å². The number of carbonyl (C=O) groups excluding carboxylic acids is 1. The average Bonchev–Trinajstić information content (AvgIpc) is 2.43. The van der Waals surface area contributed by atoms with Gasteiger partial charge in [-0.2, -0.15) is 0 Å². The topological polar surface area (TPSA) is 75.3 Å². The van der Waals surface area contributed by atoms with Crippen LogP contribution in [-0.4, -0.2) is 39.4 Å². The highest BCUT2D eigenvalue weighted by Gasteiger charge is 2.06. The molecule has 106 valence electrons. The lowest BCUT2D eigenvalue weighted by atomic mass is 10.1. The van der Waals surface area contributed by atoms with Crippen molar-refractivity contribution in [1.82, 2.24) is 10.6 Å². The summed E-state index contributed by atoms with van der Waals surface area (Å²) >= 11 is 0. The number of hydrogen-bond donors (Lipinski definition) is 2. The molecule has 5 nitrogen and oxygen atoms in total. The third-order valence-corrected chi connectivity index (χ3v) is 4.51. The van der Waals surface area contributed by atoms with E-state index in [1.54, 1.807) is 26.1 Å². The van der Waals surface area contributed by atoms with Gasteiger partial charge in [-0.25, -0.2) is 8.42 Å². The van der Waals surface area contributed by atoms with Crippen LogP contribution in [0.25, 0.3) is 0 Å². The molecular weight excluding hydrogens is 264 g/mol. The fourth-order valence-electron chi connectivity index (χ4n) is 1.52. The largest absolute Gasteiger partial charge is 0.355 e. The van der Waals surface area contributed by atoms with Gasteiger partial charge in [0.25, 0.3) is 5.91 Å². The molecule has 1 aromatic carbocycles. The predicted octanol–water partition coefficient (Wildman–Crippen LogP) is 0.571. The van der Waals surface area contributed by atoms with E-state index in [9.17, 15) is 13.2 Å². The molecule has 6 heteroatoms. The number of rotatable bonds is 7. The van der Waals surface area contributed by atoms with E-state index in [4.69, 9.17) is 0 Å². The summed E-state index contributed by atoms with van der Waals surface area (Å²) in [5.74, 6) is 0.212. The molecule has 1 amide bonds. The average molecular weight is 284 g/mol. The SMILES string of the molecule is CCS(=O)(=O)CCNCc1ccc(C(=O)NC)cc1. The van der Waals surface area contributed by atoms with Crippen LogP contribution in [0.1, 0.15) is 22.8 Å². The van der Waals surface area contributed by atoms with E-state index >= 15 is 0 Å². The lowest BCUT2D eigenvalue weighted by molar-refractivity contribution is 0.0963. The van der Waals surface area contributed by atoms with E-state index in [1.807, 2.05) is 12.1 Å². The van der Waals surface area contributed by atoms with Crippen molar-refractivity contribution in [2.45, 2.75) is 13.5 Å². The van der Waals surface area contributed by atoms with Crippen LogP contribution in [0.4, 0.5) is 0 Å². The van der Waals surface area contributed by atoms with Gasteiger partial charge in [0, 0.05) is 31.5 Å². The van der Waals surface area contributed by atoms with Gasteiger partial charge >= 0.3 is 0 Å². The first kappa shape index (κ1) is 15.7. The van der Waals surface area contributed by atoms with E-state index in [1.165, 1.54) is 0 Å². The number of amides is 1. The molecule has 0 aliphatic heterocycles. The van der Waals surface area contributed by atoms with Crippen molar-refractivity contribution in [1.29, 1.82) is 0 Å². The summed E-state index contributed by atoms with van der Waals surface area (Å²) in [5, 5.41) is 5.63. The molecule has 0 aliphatic rings. The molecule has 0 saturated carbocycles. The van der Waals surface area contributed by atoms with E-state index < -0.39 is 9.84 Å². The molecule has 1 rings (SSSR count). The zero-order valence-electron chi connectivity index (χ0n) is 11.3. The number of hydrogen-bond acceptors (Lipinski definition) is 4. The Morgan fingerprint density at radius 1 is 1.21 bits per heavy atom. The molecule has 0 atom stereocenters. The first-order valence-electron chi connectivity index (χ1n) is 6.20. The van der Waals surface area contributed by atoms with Gasteiger partial charge in [-0.3, -0.25) is 4.79 Å². The molecule has 0 heterocycles. The summed E-state index contributed by atoms with van der Waals surface area (Å²) in [6.07, 6.45) is 0. The van der Waals surface area contributed by atoms with Crippen molar-refractivity contribution in [2.75, 3.05) is 25.1 Å². The number of benzene rings is 1. The second-order valence-electron chi connectivity index (χ2n) is 4.19. The Hall–Kier alpha value is -1.40. The zero-order valence-corrected chi connectivity index (χ0v) is 12.1. The Kier molecular flexibility index (Phi) is 5.98. The fraction of sp³-hybridized carbons (Fsp3) is 0.462. The minimum absolute atomic E-state index is 0.117. The Morgan fingerprint density at radius 3 is 2.37 bits per heavy atom. The highest BCUT2D eigenvalue weighted by Crippen LogP contribution is 2.04. The summed E-state index contributed by atoms with van der Waals surface area (Å²) in [6.45, 7) is 2.67. The van der Waals surface area contributed by atoms with Gasteiger partial charge in [0.1, 0.15) is 0 Å². The molecule has 1 aromatic rings. The molecule has 0 fully saturated rings. The smallest absolute Gasteiger partial charge is 0.251 e. The highest BCUT2D eigenvalue weighted by molar-refractivity contribution is 7.91. The van der Waals surface area contributed by atoms with E-state index in [2.05, 4.69) is 10.6 Å². The third kappa shape index (κ3) is 5.40. The Labute approximate surface area is 114 Å². The Bertz CT molecular complexity index is 509. The molecule has 0 saturated heterocycles. The third-order valence-electron chi connectivity index (χ3n) is 2.80. The van der Waals surface area contributed by atoms with Gasteiger partial charge in [-0.15, -0.1) is 0 Å². The van der Waals surface area contributed by atoms with E-state index in [0.29, 0.717) is 18.7 Å². The van der Waals surface area contributed by atoms with Crippen molar-refractivity contribution in [2.24, 2.45) is 0 Å². The van der Waals surface area contributed by atoms with Crippen LogP contribution in [0.3, 0.4) is 0 Å².